The quantitative estimate of drug-likeness (QED) is 0.366. The molecule has 4 rings (SSSR count). The maximum Gasteiger partial charge on any atom is 0.337 e. The second-order valence-electron chi connectivity index (χ2n) is 10.0. The van der Waals surface area contributed by atoms with E-state index in [0.29, 0.717) is 17.3 Å². The molecule has 2 aromatic rings. The number of anilines is 2. The van der Waals surface area contributed by atoms with Crippen LogP contribution in [-0.2, 0) is 0 Å². The highest BCUT2D eigenvalue weighted by molar-refractivity contribution is 6.12. The summed E-state index contributed by atoms with van der Waals surface area (Å²) in [5.41, 5.74) is 2.83. The van der Waals surface area contributed by atoms with Crippen molar-refractivity contribution in [2.24, 2.45) is 5.92 Å². The first-order chi connectivity index (χ1) is 15.6. The van der Waals surface area contributed by atoms with E-state index in [4.69, 9.17) is 4.67 Å². The van der Waals surface area contributed by atoms with Crippen molar-refractivity contribution in [2.75, 3.05) is 24.3 Å². The number of fused-ring (bicyclic) bond motifs is 1. The molecule has 0 atom stereocenters. The molecule has 1 aliphatic heterocycles. The Labute approximate surface area is 194 Å². The van der Waals surface area contributed by atoms with E-state index < -0.39 is 5.60 Å². The van der Waals surface area contributed by atoms with Crippen molar-refractivity contribution >= 4 is 29.1 Å². The third-order valence-corrected chi connectivity index (χ3v) is 6.73. The molecule has 1 saturated carbocycles. The van der Waals surface area contributed by atoms with Crippen LogP contribution in [0.4, 0.5) is 11.4 Å². The van der Waals surface area contributed by atoms with Crippen molar-refractivity contribution in [3.63, 3.8) is 0 Å². The van der Waals surface area contributed by atoms with Crippen LogP contribution in [0.25, 0.3) is 6.08 Å². The molecular formula is C26H34N4O3+2. The zero-order chi connectivity index (χ0) is 23.9. The summed E-state index contributed by atoms with van der Waals surface area (Å²) >= 11 is 0. The van der Waals surface area contributed by atoms with Gasteiger partial charge in [0.05, 0.1) is 34.2 Å². The van der Waals surface area contributed by atoms with E-state index in [1.807, 2.05) is 51.9 Å². The minimum Gasteiger partial charge on any atom is -0.390 e. The number of nitrogens with zero attached hydrogens (tertiary/aromatic N) is 3. The molecule has 1 fully saturated rings. The number of hydrogen-bond donors (Lipinski definition) is 3. The van der Waals surface area contributed by atoms with Gasteiger partial charge >= 0.3 is 22.7 Å². The van der Waals surface area contributed by atoms with Gasteiger partial charge in [-0.3, -0.25) is 10.0 Å². The third kappa shape index (κ3) is 4.65. The Morgan fingerprint density at radius 3 is 2.58 bits per heavy atom. The van der Waals surface area contributed by atoms with Crippen molar-refractivity contribution in [3.8, 4) is 0 Å². The van der Waals surface area contributed by atoms with E-state index in [2.05, 4.69) is 11.4 Å². The average Bonchev–Trinajstić information content (AvgIpc) is 3.15. The summed E-state index contributed by atoms with van der Waals surface area (Å²) in [4.78, 5) is 15.0. The highest BCUT2D eigenvalue weighted by Crippen LogP contribution is 2.32. The number of carbonyl (C=O) groups is 1. The molecule has 1 amide bonds. The molecule has 1 aliphatic carbocycles. The van der Waals surface area contributed by atoms with Gasteiger partial charge in [0, 0.05) is 43.0 Å². The smallest absolute Gasteiger partial charge is 0.337 e. The first-order valence-corrected chi connectivity index (χ1v) is 11.6. The molecule has 7 heteroatoms. The van der Waals surface area contributed by atoms with Gasteiger partial charge in [-0.05, 0) is 44.7 Å². The van der Waals surface area contributed by atoms with E-state index in [1.165, 1.54) is 0 Å². The predicted molar refractivity (Wildman–Crippen MR) is 129 cm³/mol. The zero-order valence-electron chi connectivity index (χ0n) is 20.1. The fourth-order valence-corrected chi connectivity index (χ4v) is 4.67. The lowest BCUT2D eigenvalue weighted by Gasteiger charge is -2.30. The number of carbonyl (C=O) groups excluding carboxylic acids is 1. The first kappa shape index (κ1) is 23.0. The molecular weight excluding hydrogens is 416 g/mol. The molecule has 1 aromatic heterocycles. The van der Waals surface area contributed by atoms with Crippen molar-refractivity contribution < 1.29 is 19.8 Å². The predicted octanol–water partition coefficient (Wildman–Crippen LogP) is 1.52. The maximum absolute atomic E-state index is 13.1. The third-order valence-electron chi connectivity index (χ3n) is 6.73. The van der Waals surface area contributed by atoms with Crippen LogP contribution >= 0.6 is 0 Å². The van der Waals surface area contributed by atoms with Crippen LogP contribution in [-0.4, -0.2) is 41.6 Å². The van der Waals surface area contributed by atoms with Crippen LogP contribution in [0.5, 0.6) is 0 Å². The zero-order valence-corrected chi connectivity index (χ0v) is 20.1. The lowest BCUT2D eigenvalue weighted by atomic mass is 9.78. The number of benzene rings is 1. The van der Waals surface area contributed by atoms with Gasteiger partial charge in [-0.1, -0.05) is 18.5 Å². The summed E-state index contributed by atoms with van der Waals surface area (Å²) in [5, 5.41) is 25.7. The highest BCUT2D eigenvalue weighted by Gasteiger charge is 2.35. The second-order valence-corrected chi connectivity index (χ2v) is 10.0. The van der Waals surface area contributed by atoms with Gasteiger partial charge in [-0.15, -0.1) is 0 Å². The van der Waals surface area contributed by atoms with Crippen molar-refractivity contribution in [3.05, 3.63) is 52.3 Å². The summed E-state index contributed by atoms with van der Waals surface area (Å²) in [7, 11) is 3.85. The van der Waals surface area contributed by atoms with E-state index >= 15 is 0 Å². The number of aromatic nitrogens is 1. The minimum atomic E-state index is -0.575. The van der Waals surface area contributed by atoms with Crippen molar-refractivity contribution in [1.82, 2.24) is 4.67 Å². The lowest BCUT2D eigenvalue weighted by molar-refractivity contribution is -0.911. The fraction of sp³-hybridized carbons (Fsp3) is 0.462. The monoisotopic (exact) mass is 450 g/mol. The molecule has 0 spiro atoms. The lowest BCUT2D eigenvalue weighted by Crippen LogP contribution is -2.44. The SMILES string of the molecule is CC(C)c1cccc(C(=O)Nc2cc3c(cc2N(C)C)=[N+]=C(C2CCC(C)(O)CC2)C=3)[n+]1O. The molecule has 0 radical (unpaired) electrons. The normalized spacial score (nSPS) is 21.7. The number of nitrogens with one attached hydrogen (secondary N) is 1. The van der Waals surface area contributed by atoms with Gasteiger partial charge in [0.2, 0.25) is 5.69 Å². The molecule has 0 bridgehead atoms. The van der Waals surface area contributed by atoms with Crippen LogP contribution in [0.2, 0.25) is 0 Å². The highest BCUT2D eigenvalue weighted by atomic mass is 16.5. The molecule has 33 heavy (non-hydrogen) atoms. The molecule has 174 valence electrons. The van der Waals surface area contributed by atoms with Crippen LogP contribution in [0.3, 0.4) is 0 Å². The standard InChI is InChI=1S/C26H33N4O3/c1-16(2)22-7-6-8-23(30(22)33)25(31)28-21-14-18-13-19(17-9-11-26(3,32)12-10-17)27-20(18)15-24(21)29(4)5/h6-8,13-17,32H,9-12H2,1-5H3,(H,31,33)/q+1/p+1. The first-order valence-electron chi connectivity index (χ1n) is 11.6. The summed E-state index contributed by atoms with van der Waals surface area (Å²) < 4.78 is 5.85. The Balaban J connectivity index is 1.66. The number of hydrogen-bond acceptors (Lipinski definition) is 4. The molecule has 7 nitrogen and oxygen atoms in total. The molecule has 0 saturated heterocycles. The van der Waals surface area contributed by atoms with Crippen LogP contribution in [0.15, 0.2) is 30.3 Å². The summed E-state index contributed by atoms with van der Waals surface area (Å²) in [6.07, 6.45) is 5.50. The number of rotatable bonds is 5. The van der Waals surface area contributed by atoms with Crippen molar-refractivity contribution in [2.45, 2.75) is 58.0 Å². The van der Waals surface area contributed by atoms with Gasteiger partial charge in [0.25, 0.3) is 0 Å². The summed E-state index contributed by atoms with van der Waals surface area (Å²) in [6.45, 7) is 5.84. The average molecular weight is 451 g/mol. The molecule has 3 N–H and O–H groups in total. The van der Waals surface area contributed by atoms with Crippen LogP contribution in [0, 0.1) is 5.92 Å². The van der Waals surface area contributed by atoms with E-state index in [9.17, 15) is 15.1 Å². The second kappa shape index (κ2) is 8.65. The molecule has 2 aliphatic rings. The summed E-state index contributed by atoms with van der Waals surface area (Å²) in [5.74, 6) is 0.0380. The molecule has 1 aromatic carbocycles. The van der Waals surface area contributed by atoms with Crippen LogP contribution in [0.1, 0.15) is 68.6 Å². The number of amides is 1. The largest absolute Gasteiger partial charge is 0.390 e. The molecule has 2 heterocycles. The number of aliphatic hydroxyl groups is 1. The van der Waals surface area contributed by atoms with E-state index in [1.54, 1.807) is 18.2 Å². The van der Waals surface area contributed by atoms with E-state index in [0.717, 1.165) is 52.4 Å². The van der Waals surface area contributed by atoms with Gasteiger partial charge in [-0.25, -0.2) is 0 Å². The van der Waals surface area contributed by atoms with E-state index in [-0.39, 0.29) is 17.5 Å². The molecule has 0 unspecified atom stereocenters. The Morgan fingerprint density at radius 1 is 1.24 bits per heavy atom. The Morgan fingerprint density at radius 2 is 1.94 bits per heavy atom. The fourth-order valence-electron chi connectivity index (χ4n) is 4.67. The van der Waals surface area contributed by atoms with Crippen molar-refractivity contribution in [1.29, 1.82) is 0 Å². The topological polar surface area (TPSA) is 90.8 Å². The van der Waals surface area contributed by atoms with Gasteiger partial charge in [0.1, 0.15) is 0 Å². The Hall–Kier alpha value is -3.15. The van der Waals surface area contributed by atoms with Gasteiger partial charge in [0.15, 0.2) is 0 Å². The van der Waals surface area contributed by atoms with Gasteiger partial charge < -0.3 is 15.3 Å². The minimum absolute atomic E-state index is 0.0775. The van der Waals surface area contributed by atoms with Crippen LogP contribution < -0.4 is 30.2 Å². The Kier molecular flexibility index (Phi) is 6.04. The Bertz CT molecular complexity index is 1250. The van der Waals surface area contributed by atoms with Gasteiger partial charge in [-0.2, -0.15) is 0 Å². The maximum atomic E-state index is 13.1. The number of pyridine rings is 1. The summed E-state index contributed by atoms with van der Waals surface area (Å²) in [6, 6.07) is 9.13.